The van der Waals surface area contributed by atoms with Gasteiger partial charge in [-0.1, -0.05) is 27.7 Å². The molecule has 420 valence electrons. The van der Waals surface area contributed by atoms with Crippen LogP contribution in [-0.4, -0.2) is 229 Å². The third kappa shape index (κ3) is 9.60. The van der Waals surface area contributed by atoms with Crippen molar-refractivity contribution in [3.63, 3.8) is 0 Å². The van der Waals surface area contributed by atoms with Crippen LogP contribution in [-0.2, 0) is 47.4 Å². The fourth-order valence-corrected chi connectivity index (χ4v) is 16.0. The summed E-state index contributed by atoms with van der Waals surface area (Å²) in [4.78, 5) is 0. The molecule has 22 nitrogen and oxygen atoms in total. The zero-order chi connectivity index (χ0) is 52.2. The van der Waals surface area contributed by atoms with Crippen molar-refractivity contribution in [2.45, 2.75) is 240 Å². The van der Waals surface area contributed by atoms with Crippen molar-refractivity contribution in [3.05, 3.63) is 0 Å². The van der Waals surface area contributed by atoms with Crippen LogP contribution in [0.5, 0.6) is 0 Å². The average molecular weight is 1050 g/mol. The monoisotopic (exact) mass is 1050 g/mol. The Bertz CT molecular complexity index is 1860. The Morgan fingerprint density at radius 2 is 1.12 bits per heavy atom. The second kappa shape index (κ2) is 21.3. The molecular formula is C51H84O22. The minimum absolute atomic E-state index is 0.00805. The first-order chi connectivity index (χ1) is 34.6. The molecule has 10 aliphatic rings. The van der Waals surface area contributed by atoms with Gasteiger partial charge in [-0.05, 0) is 111 Å². The Hall–Kier alpha value is -0.880. The molecule has 0 radical (unpaired) electrons. The lowest BCUT2D eigenvalue weighted by molar-refractivity contribution is -0.395. The van der Waals surface area contributed by atoms with Gasteiger partial charge in [0.05, 0.1) is 44.7 Å². The number of aliphatic hydroxyl groups is 12. The summed E-state index contributed by atoms with van der Waals surface area (Å²) in [6, 6.07) is 0. The highest BCUT2D eigenvalue weighted by atomic mass is 16.8. The fourth-order valence-electron chi connectivity index (χ4n) is 16.0. The second-order valence-corrected chi connectivity index (χ2v) is 24.4. The van der Waals surface area contributed by atoms with Crippen molar-refractivity contribution in [2.24, 2.45) is 52.3 Å². The topological polar surface area (TPSA) is 335 Å². The van der Waals surface area contributed by atoms with E-state index in [9.17, 15) is 61.3 Å². The summed E-state index contributed by atoms with van der Waals surface area (Å²) in [5, 5.41) is 129. The normalized spacial score (nSPS) is 58.2. The molecule has 1 spiro atoms. The number of rotatable bonds is 11. The second-order valence-electron chi connectivity index (χ2n) is 24.4. The molecule has 32 atom stereocenters. The molecule has 6 aliphatic heterocycles. The smallest absolute Gasteiger partial charge is 0.187 e. The Labute approximate surface area is 426 Å². The molecule has 6 heterocycles. The molecule has 0 amide bonds. The van der Waals surface area contributed by atoms with Crippen LogP contribution in [0.2, 0.25) is 0 Å². The quantitative estimate of drug-likeness (QED) is 0.101. The van der Waals surface area contributed by atoms with Gasteiger partial charge in [0.25, 0.3) is 0 Å². The van der Waals surface area contributed by atoms with E-state index in [0.29, 0.717) is 48.3 Å². The van der Waals surface area contributed by atoms with E-state index in [1.54, 1.807) is 0 Å². The number of ether oxygens (including phenoxy) is 10. The van der Waals surface area contributed by atoms with Gasteiger partial charge in [-0.3, -0.25) is 0 Å². The zero-order valence-electron chi connectivity index (χ0n) is 42.6. The lowest BCUT2D eigenvalue weighted by Crippen LogP contribution is -2.67. The van der Waals surface area contributed by atoms with Crippen LogP contribution in [0.1, 0.15) is 98.8 Å². The first kappa shape index (κ1) is 55.4. The van der Waals surface area contributed by atoms with Gasteiger partial charge < -0.3 is 109 Å². The highest BCUT2D eigenvalue weighted by Crippen LogP contribution is 2.71. The maximum atomic E-state index is 12.5. The maximum Gasteiger partial charge on any atom is 0.187 e. The van der Waals surface area contributed by atoms with Gasteiger partial charge in [-0.25, -0.2) is 0 Å². The molecule has 0 bridgehead atoms. The predicted molar refractivity (Wildman–Crippen MR) is 247 cm³/mol. The standard InChI is InChI=1S/C51H84O22/c1-20-8-13-51(65-18-20)21(2)32-28(73-51)15-27-25-7-6-23-14-24(9-11-49(23,4)26(25)10-12-50(27,32)5)67-48-44(72-47-41(62)38(59)35(56)30(17-53)69-47)42(63)43(71-46-40(61)36(57)33(54)22(3)66-46)31(70-48)19-64-45-39(60)37(58)34(55)29(16-52)68-45/h20-48,52-63H,6-19H2,1-5H3/t20-,21-,22-,23-,24-,25+,26-,27-,28-,29+,30+,31+,32-,33-,34+,35+,36+,37-,38-,39+,40+,41+,42-,43+,44+,45+,46-,47-,48+,49-,50-,51+/m0/s1. The summed E-state index contributed by atoms with van der Waals surface area (Å²) < 4.78 is 62.5. The summed E-state index contributed by atoms with van der Waals surface area (Å²) in [5.74, 6) is 2.69. The molecular weight excluding hydrogens is 965 g/mol. The first-order valence-corrected chi connectivity index (χ1v) is 27.2. The summed E-state index contributed by atoms with van der Waals surface area (Å²) >= 11 is 0. The van der Waals surface area contributed by atoms with E-state index < -0.39 is 155 Å². The summed E-state index contributed by atoms with van der Waals surface area (Å²) in [6.45, 7) is 9.64. The van der Waals surface area contributed by atoms with Gasteiger partial charge in [-0.15, -0.1) is 0 Å². The largest absolute Gasteiger partial charge is 0.394 e. The van der Waals surface area contributed by atoms with Crippen molar-refractivity contribution in [1.82, 2.24) is 0 Å². The van der Waals surface area contributed by atoms with Gasteiger partial charge in [-0.2, -0.15) is 0 Å². The van der Waals surface area contributed by atoms with Crippen LogP contribution < -0.4 is 0 Å². The van der Waals surface area contributed by atoms with E-state index in [-0.39, 0.29) is 22.9 Å². The molecule has 22 heteroatoms. The average Bonchev–Trinajstić information content (AvgIpc) is 3.82. The third-order valence-electron chi connectivity index (χ3n) is 20.3. The van der Waals surface area contributed by atoms with Crippen LogP contribution in [0.15, 0.2) is 0 Å². The molecule has 12 N–H and O–H groups in total. The minimum atomic E-state index is -1.90. The van der Waals surface area contributed by atoms with E-state index >= 15 is 0 Å². The molecule has 0 aromatic heterocycles. The molecule has 6 saturated heterocycles. The Morgan fingerprint density at radius 3 is 1.78 bits per heavy atom. The number of aliphatic hydroxyl groups excluding tert-OH is 12. The van der Waals surface area contributed by atoms with E-state index in [1.165, 1.54) is 6.92 Å². The zero-order valence-corrected chi connectivity index (χ0v) is 42.6. The number of hydrogen-bond acceptors (Lipinski definition) is 22. The summed E-state index contributed by atoms with van der Waals surface area (Å²) in [7, 11) is 0. The van der Waals surface area contributed by atoms with Gasteiger partial charge in [0, 0.05) is 12.3 Å². The number of hydrogen-bond donors (Lipinski definition) is 12. The van der Waals surface area contributed by atoms with Crippen LogP contribution in [0.25, 0.3) is 0 Å². The van der Waals surface area contributed by atoms with E-state index in [2.05, 4.69) is 27.7 Å². The van der Waals surface area contributed by atoms with E-state index in [0.717, 1.165) is 58.0 Å². The van der Waals surface area contributed by atoms with Crippen molar-refractivity contribution in [3.8, 4) is 0 Å². The Morgan fingerprint density at radius 1 is 0.521 bits per heavy atom. The van der Waals surface area contributed by atoms with E-state index in [4.69, 9.17) is 47.4 Å². The van der Waals surface area contributed by atoms with Crippen molar-refractivity contribution < 1.29 is 109 Å². The fraction of sp³-hybridized carbons (Fsp3) is 1.00. The van der Waals surface area contributed by atoms with Gasteiger partial charge in [0.2, 0.25) is 0 Å². The lowest BCUT2D eigenvalue weighted by Gasteiger charge is -2.61. The Kier molecular flexibility index (Phi) is 16.2. The highest BCUT2D eigenvalue weighted by Gasteiger charge is 2.69. The van der Waals surface area contributed by atoms with Crippen molar-refractivity contribution in [2.75, 3.05) is 26.4 Å². The molecule has 73 heavy (non-hydrogen) atoms. The van der Waals surface area contributed by atoms with Crippen molar-refractivity contribution in [1.29, 1.82) is 0 Å². The SMILES string of the molecule is C[C@H]1CC[C@@]2(OC1)O[C@H]1C[C@H]3[C@@H]4CC[C@H]5C[C@@H](O[C@@H]6O[C@H](CO[C@@H]7O[C@H](CO)[C@@H](O)[C@H](O)[C@H]7O)[C@@H](O[C@@H]7O[C@@H](C)[C@H](O)[C@@H](O)[C@H]7O)[C@H](O)[C@H]6O[C@@H]6O[C@H](CO)[C@@H](O)[C@H](O)[C@H]6O)CC[C@]5(C)[C@H]4CC[C@]3(C)[C@H]1[C@@H]2C. The first-order valence-electron chi connectivity index (χ1n) is 27.2. The molecule has 4 aliphatic carbocycles. The number of fused-ring (bicyclic) bond motifs is 7. The van der Waals surface area contributed by atoms with Crippen LogP contribution >= 0.6 is 0 Å². The molecule has 4 saturated carbocycles. The Balaban J connectivity index is 0.890. The van der Waals surface area contributed by atoms with Gasteiger partial charge in [0.15, 0.2) is 30.9 Å². The van der Waals surface area contributed by atoms with Crippen LogP contribution in [0, 0.1) is 52.3 Å². The minimum Gasteiger partial charge on any atom is -0.394 e. The predicted octanol–water partition coefficient (Wildman–Crippen LogP) is -1.88. The summed E-state index contributed by atoms with van der Waals surface area (Å²) in [5.41, 5.74) is 0.166. The molecule has 10 rings (SSSR count). The third-order valence-corrected chi connectivity index (χ3v) is 20.3. The molecule has 0 aromatic carbocycles. The van der Waals surface area contributed by atoms with Crippen LogP contribution in [0.3, 0.4) is 0 Å². The van der Waals surface area contributed by atoms with Gasteiger partial charge in [0.1, 0.15) is 91.6 Å². The molecule has 0 unspecified atom stereocenters. The van der Waals surface area contributed by atoms with Crippen LogP contribution in [0.4, 0.5) is 0 Å². The maximum absolute atomic E-state index is 12.5. The molecule has 10 fully saturated rings. The van der Waals surface area contributed by atoms with Crippen molar-refractivity contribution >= 4 is 0 Å². The van der Waals surface area contributed by atoms with E-state index in [1.807, 2.05) is 0 Å². The molecule has 0 aromatic rings. The highest BCUT2D eigenvalue weighted by molar-refractivity contribution is 5.15. The van der Waals surface area contributed by atoms with Gasteiger partial charge >= 0.3 is 0 Å². The lowest BCUT2D eigenvalue weighted by atomic mass is 9.44. The summed E-state index contributed by atoms with van der Waals surface area (Å²) in [6.07, 6.45) is -23.7.